The molecule has 0 aromatic carbocycles. The van der Waals surface area contributed by atoms with Crippen LogP contribution in [0, 0.1) is 13.8 Å². The number of esters is 1. The van der Waals surface area contributed by atoms with E-state index in [2.05, 4.69) is 22.2 Å². The number of piperazine rings is 1. The number of amides is 1. The summed E-state index contributed by atoms with van der Waals surface area (Å²) < 4.78 is 4.81. The Labute approximate surface area is 135 Å². The SMILES string of the molecule is COC(=O)c1c(NC(=O)CN2CCN(C)CC2)sc(C)c1C. The Morgan fingerprint density at radius 1 is 1.23 bits per heavy atom. The molecule has 1 aliphatic rings. The van der Waals surface area contributed by atoms with Crippen molar-refractivity contribution >= 4 is 28.2 Å². The van der Waals surface area contributed by atoms with E-state index in [1.54, 1.807) is 0 Å². The largest absolute Gasteiger partial charge is 0.465 e. The number of rotatable bonds is 4. The van der Waals surface area contributed by atoms with E-state index in [1.807, 2.05) is 13.8 Å². The maximum absolute atomic E-state index is 12.2. The quantitative estimate of drug-likeness (QED) is 0.847. The standard InChI is InChI=1S/C15H23N3O3S/c1-10-11(2)22-14(13(10)15(20)21-4)16-12(19)9-18-7-5-17(3)6-8-18/h5-9H2,1-4H3,(H,16,19). The van der Waals surface area contributed by atoms with E-state index in [-0.39, 0.29) is 5.91 Å². The summed E-state index contributed by atoms with van der Waals surface area (Å²) in [4.78, 5) is 29.5. The Morgan fingerprint density at radius 3 is 2.45 bits per heavy atom. The molecule has 0 aliphatic carbocycles. The topological polar surface area (TPSA) is 61.9 Å². The van der Waals surface area contributed by atoms with E-state index in [4.69, 9.17) is 4.74 Å². The summed E-state index contributed by atoms with van der Waals surface area (Å²) >= 11 is 1.42. The molecule has 22 heavy (non-hydrogen) atoms. The number of ether oxygens (including phenoxy) is 1. The van der Waals surface area contributed by atoms with Crippen molar-refractivity contribution in [3.63, 3.8) is 0 Å². The lowest BCUT2D eigenvalue weighted by Crippen LogP contribution is -2.47. The van der Waals surface area contributed by atoms with E-state index in [0.717, 1.165) is 36.6 Å². The van der Waals surface area contributed by atoms with Gasteiger partial charge in [0, 0.05) is 31.1 Å². The summed E-state index contributed by atoms with van der Waals surface area (Å²) in [5, 5.41) is 3.45. The Morgan fingerprint density at radius 2 is 1.86 bits per heavy atom. The zero-order chi connectivity index (χ0) is 16.3. The molecule has 6 nitrogen and oxygen atoms in total. The van der Waals surface area contributed by atoms with Crippen LogP contribution in [0.3, 0.4) is 0 Å². The number of anilines is 1. The highest BCUT2D eigenvalue weighted by Gasteiger charge is 2.23. The first-order chi connectivity index (χ1) is 10.4. The minimum absolute atomic E-state index is 0.0871. The van der Waals surface area contributed by atoms with Gasteiger partial charge in [-0.15, -0.1) is 11.3 Å². The van der Waals surface area contributed by atoms with Crippen LogP contribution in [0.1, 0.15) is 20.8 Å². The van der Waals surface area contributed by atoms with Crippen molar-refractivity contribution < 1.29 is 14.3 Å². The highest BCUT2D eigenvalue weighted by atomic mass is 32.1. The lowest BCUT2D eigenvalue weighted by atomic mass is 10.1. The van der Waals surface area contributed by atoms with Crippen molar-refractivity contribution in [3.05, 3.63) is 16.0 Å². The summed E-state index contributed by atoms with van der Waals surface area (Å²) in [5.41, 5.74) is 1.34. The number of aryl methyl sites for hydroxylation is 1. The molecule has 1 fully saturated rings. The zero-order valence-electron chi connectivity index (χ0n) is 13.6. The molecule has 0 spiro atoms. The molecule has 122 valence electrons. The molecule has 0 saturated carbocycles. The van der Waals surface area contributed by atoms with Crippen LogP contribution < -0.4 is 5.32 Å². The maximum atomic E-state index is 12.2. The van der Waals surface area contributed by atoms with Gasteiger partial charge in [0.2, 0.25) is 5.91 Å². The predicted molar refractivity (Wildman–Crippen MR) is 87.7 cm³/mol. The molecule has 0 radical (unpaired) electrons. The number of hydrogen-bond acceptors (Lipinski definition) is 6. The molecule has 0 unspecified atom stereocenters. The van der Waals surface area contributed by atoms with Crippen molar-refractivity contribution in [2.75, 3.05) is 52.2 Å². The second-order valence-corrected chi connectivity index (χ2v) is 6.83. The first-order valence-electron chi connectivity index (χ1n) is 7.31. The molecule has 1 aromatic rings. The molecule has 2 heterocycles. The van der Waals surface area contributed by atoms with Gasteiger partial charge in [0.1, 0.15) is 5.00 Å². The molecule has 0 bridgehead atoms. The smallest absolute Gasteiger partial charge is 0.341 e. The third-order valence-corrected chi connectivity index (χ3v) is 5.11. The average Bonchev–Trinajstić information content (AvgIpc) is 2.75. The van der Waals surface area contributed by atoms with E-state index >= 15 is 0 Å². The zero-order valence-corrected chi connectivity index (χ0v) is 14.4. The van der Waals surface area contributed by atoms with Gasteiger partial charge in [0.05, 0.1) is 19.2 Å². The molecule has 0 atom stereocenters. The minimum atomic E-state index is -0.406. The van der Waals surface area contributed by atoms with Gasteiger partial charge in [0.15, 0.2) is 0 Å². The number of nitrogens with one attached hydrogen (secondary N) is 1. The fraction of sp³-hybridized carbons (Fsp3) is 0.600. The van der Waals surface area contributed by atoms with Crippen LogP contribution >= 0.6 is 11.3 Å². The molecule has 1 aliphatic heterocycles. The van der Waals surface area contributed by atoms with Crippen molar-refractivity contribution in [3.8, 4) is 0 Å². The number of carbonyl (C=O) groups is 2. The number of thiophene rings is 1. The fourth-order valence-corrected chi connectivity index (χ4v) is 3.50. The summed E-state index contributed by atoms with van der Waals surface area (Å²) in [7, 11) is 3.43. The minimum Gasteiger partial charge on any atom is -0.465 e. The average molecular weight is 325 g/mol. The van der Waals surface area contributed by atoms with Crippen LogP contribution in [-0.4, -0.2) is 68.6 Å². The van der Waals surface area contributed by atoms with Crippen LogP contribution in [0.4, 0.5) is 5.00 Å². The third-order valence-electron chi connectivity index (χ3n) is 3.99. The van der Waals surface area contributed by atoms with Gasteiger partial charge in [-0.25, -0.2) is 4.79 Å². The molecule has 1 amide bonds. The van der Waals surface area contributed by atoms with Crippen molar-refractivity contribution in [2.45, 2.75) is 13.8 Å². The van der Waals surface area contributed by atoms with E-state index in [9.17, 15) is 9.59 Å². The van der Waals surface area contributed by atoms with E-state index in [0.29, 0.717) is 17.1 Å². The van der Waals surface area contributed by atoms with Crippen LogP contribution in [-0.2, 0) is 9.53 Å². The van der Waals surface area contributed by atoms with E-state index < -0.39 is 5.97 Å². The van der Waals surface area contributed by atoms with Gasteiger partial charge in [-0.2, -0.15) is 0 Å². The number of hydrogen-bond donors (Lipinski definition) is 1. The van der Waals surface area contributed by atoms with Crippen LogP contribution in [0.25, 0.3) is 0 Å². The van der Waals surface area contributed by atoms with Crippen molar-refractivity contribution in [1.82, 2.24) is 9.80 Å². The van der Waals surface area contributed by atoms with Gasteiger partial charge in [-0.05, 0) is 26.5 Å². The molecular weight excluding hydrogens is 302 g/mol. The molecule has 1 saturated heterocycles. The van der Waals surface area contributed by atoms with Gasteiger partial charge < -0.3 is 15.0 Å². The summed E-state index contributed by atoms with van der Waals surface area (Å²) in [6.45, 7) is 7.86. The Balaban J connectivity index is 2.02. The first-order valence-corrected chi connectivity index (χ1v) is 8.13. The van der Waals surface area contributed by atoms with Gasteiger partial charge in [-0.1, -0.05) is 0 Å². The number of carbonyl (C=O) groups excluding carboxylic acids is 2. The molecule has 2 rings (SSSR count). The van der Waals surface area contributed by atoms with E-state index in [1.165, 1.54) is 18.4 Å². The van der Waals surface area contributed by atoms with Crippen molar-refractivity contribution in [1.29, 1.82) is 0 Å². The predicted octanol–water partition coefficient (Wildman–Crippen LogP) is 1.34. The van der Waals surface area contributed by atoms with Gasteiger partial charge >= 0.3 is 5.97 Å². The highest BCUT2D eigenvalue weighted by Crippen LogP contribution is 2.32. The maximum Gasteiger partial charge on any atom is 0.341 e. The monoisotopic (exact) mass is 325 g/mol. The number of likely N-dealkylation sites (N-methyl/N-ethyl adjacent to an activating group) is 1. The molecule has 1 N–H and O–H groups in total. The number of methoxy groups -OCH3 is 1. The second-order valence-electron chi connectivity index (χ2n) is 5.61. The molecular formula is C15H23N3O3S. The summed E-state index contributed by atoms with van der Waals surface area (Å²) in [6.07, 6.45) is 0. The first kappa shape index (κ1) is 16.9. The fourth-order valence-electron chi connectivity index (χ4n) is 2.44. The van der Waals surface area contributed by atoms with Gasteiger partial charge in [-0.3, -0.25) is 9.69 Å². The third kappa shape index (κ3) is 3.85. The second kappa shape index (κ2) is 7.21. The Bertz CT molecular complexity index is 563. The summed E-state index contributed by atoms with van der Waals surface area (Å²) in [5.74, 6) is -0.493. The van der Waals surface area contributed by atoms with Gasteiger partial charge in [0.25, 0.3) is 0 Å². The highest BCUT2D eigenvalue weighted by molar-refractivity contribution is 7.16. The number of nitrogens with zero attached hydrogens (tertiary/aromatic N) is 2. The lowest BCUT2D eigenvalue weighted by Gasteiger charge is -2.31. The van der Waals surface area contributed by atoms with Crippen LogP contribution in [0.2, 0.25) is 0 Å². The van der Waals surface area contributed by atoms with Crippen molar-refractivity contribution in [2.24, 2.45) is 0 Å². The molecule has 1 aromatic heterocycles. The van der Waals surface area contributed by atoms with Crippen LogP contribution in [0.5, 0.6) is 0 Å². The van der Waals surface area contributed by atoms with Crippen LogP contribution in [0.15, 0.2) is 0 Å². The normalized spacial score (nSPS) is 16.5. The lowest BCUT2D eigenvalue weighted by molar-refractivity contribution is -0.117. The Kier molecular flexibility index (Phi) is 5.55. The molecule has 7 heteroatoms. The summed E-state index contributed by atoms with van der Waals surface area (Å²) in [6, 6.07) is 0. The Hall–Kier alpha value is -1.44.